The van der Waals surface area contributed by atoms with Gasteiger partial charge in [0.2, 0.25) is 5.91 Å². The maximum Gasteiger partial charge on any atom is 0.232 e. The minimum Gasteiger partial charge on any atom is -0.399 e. The summed E-state index contributed by atoms with van der Waals surface area (Å²) in [5.74, 6) is 0.702. The Bertz CT molecular complexity index is 476. The molecule has 0 spiro atoms. The Morgan fingerprint density at radius 1 is 1.29 bits per heavy atom. The van der Waals surface area contributed by atoms with Crippen LogP contribution in [0.4, 0.5) is 5.69 Å². The average Bonchev–Trinajstić information content (AvgIpc) is 2.48. The van der Waals surface area contributed by atoms with Crippen LogP contribution in [0.5, 0.6) is 0 Å². The summed E-state index contributed by atoms with van der Waals surface area (Å²) >= 11 is 0. The van der Waals surface area contributed by atoms with E-state index in [4.69, 9.17) is 10.5 Å². The molecule has 1 aliphatic heterocycles. The molecule has 116 valence electrons. The van der Waals surface area contributed by atoms with E-state index in [1.165, 1.54) is 0 Å². The fraction of sp³-hybridized carbons (Fsp3) is 0.588. The highest BCUT2D eigenvalue weighted by atomic mass is 16.5. The SMILES string of the molecule is CN(CC1CCOCC1)C(=O)C(C)(C)c1ccc(N)cc1. The second-order valence-corrected chi connectivity index (χ2v) is 6.49. The number of likely N-dealkylation sites (N-methyl/N-ethyl adjacent to an activating group) is 1. The Balaban J connectivity index is 2.04. The van der Waals surface area contributed by atoms with Crippen molar-refractivity contribution in [2.45, 2.75) is 32.1 Å². The molecule has 1 heterocycles. The van der Waals surface area contributed by atoms with Crippen LogP contribution in [0.1, 0.15) is 32.3 Å². The van der Waals surface area contributed by atoms with Gasteiger partial charge in [0.05, 0.1) is 5.41 Å². The van der Waals surface area contributed by atoms with E-state index in [-0.39, 0.29) is 5.91 Å². The van der Waals surface area contributed by atoms with Crippen LogP contribution in [-0.2, 0) is 14.9 Å². The summed E-state index contributed by atoms with van der Waals surface area (Å²) in [5, 5.41) is 0. The van der Waals surface area contributed by atoms with Gasteiger partial charge >= 0.3 is 0 Å². The fourth-order valence-electron chi connectivity index (χ4n) is 2.90. The minimum atomic E-state index is -0.534. The van der Waals surface area contributed by atoms with Crippen molar-refractivity contribution in [3.8, 4) is 0 Å². The normalized spacial score (nSPS) is 16.7. The zero-order valence-corrected chi connectivity index (χ0v) is 13.3. The van der Waals surface area contributed by atoms with Gasteiger partial charge in [-0.25, -0.2) is 0 Å². The predicted molar refractivity (Wildman–Crippen MR) is 85.1 cm³/mol. The van der Waals surface area contributed by atoms with Crippen molar-refractivity contribution in [1.82, 2.24) is 4.90 Å². The molecule has 0 bridgehead atoms. The first-order chi connectivity index (χ1) is 9.91. The van der Waals surface area contributed by atoms with Crippen molar-refractivity contribution >= 4 is 11.6 Å². The van der Waals surface area contributed by atoms with Crippen LogP contribution in [0.2, 0.25) is 0 Å². The summed E-state index contributed by atoms with van der Waals surface area (Å²) in [4.78, 5) is 14.7. The van der Waals surface area contributed by atoms with E-state index >= 15 is 0 Å². The number of nitrogens with two attached hydrogens (primary N) is 1. The molecule has 0 unspecified atom stereocenters. The first kappa shape index (κ1) is 15.8. The first-order valence-electron chi connectivity index (χ1n) is 7.60. The smallest absolute Gasteiger partial charge is 0.232 e. The van der Waals surface area contributed by atoms with Gasteiger partial charge in [0.25, 0.3) is 0 Å². The van der Waals surface area contributed by atoms with Crippen molar-refractivity contribution in [2.24, 2.45) is 5.92 Å². The molecule has 1 aliphatic rings. The molecule has 1 fully saturated rings. The van der Waals surface area contributed by atoms with Crippen LogP contribution < -0.4 is 5.73 Å². The first-order valence-corrected chi connectivity index (χ1v) is 7.60. The van der Waals surface area contributed by atoms with Crippen molar-refractivity contribution < 1.29 is 9.53 Å². The van der Waals surface area contributed by atoms with Gasteiger partial charge in [-0.1, -0.05) is 12.1 Å². The number of benzene rings is 1. The zero-order chi connectivity index (χ0) is 15.5. The zero-order valence-electron chi connectivity index (χ0n) is 13.3. The Hall–Kier alpha value is -1.55. The highest BCUT2D eigenvalue weighted by molar-refractivity contribution is 5.87. The number of amides is 1. The average molecular weight is 290 g/mol. The summed E-state index contributed by atoms with van der Waals surface area (Å²) in [5.41, 5.74) is 6.91. The Kier molecular flexibility index (Phi) is 4.88. The van der Waals surface area contributed by atoms with Crippen molar-refractivity contribution in [1.29, 1.82) is 0 Å². The van der Waals surface area contributed by atoms with E-state index < -0.39 is 5.41 Å². The molecular weight excluding hydrogens is 264 g/mol. The number of nitrogen functional groups attached to an aromatic ring is 1. The lowest BCUT2D eigenvalue weighted by atomic mass is 9.83. The number of anilines is 1. The maximum absolute atomic E-state index is 12.8. The van der Waals surface area contributed by atoms with Crippen LogP contribution in [0, 0.1) is 5.92 Å². The van der Waals surface area contributed by atoms with E-state index in [1.54, 1.807) is 0 Å². The summed E-state index contributed by atoms with van der Waals surface area (Å²) in [6.45, 7) is 6.38. The quantitative estimate of drug-likeness (QED) is 0.867. The molecule has 1 aromatic rings. The molecular formula is C17H26N2O2. The van der Waals surface area contributed by atoms with E-state index in [0.717, 1.165) is 43.9 Å². The second kappa shape index (κ2) is 6.48. The third-order valence-electron chi connectivity index (χ3n) is 4.39. The molecule has 0 radical (unpaired) electrons. The minimum absolute atomic E-state index is 0.152. The highest BCUT2D eigenvalue weighted by Crippen LogP contribution is 2.27. The third-order valence-corrected chi connectivity index (χ3v) is 4.39. The lowest BCUT2D eigenvalue weighted by Gasteiger charge is -2.33. The molecule has 4 nitrogen and oxygen atoms in total. The van der Waals surface area contributed by atoms with Gasteiger partial charge in [-0.15, -0.1) is 0 Å². The topological polar surface area (TPSA) is 55.6 Å². The van der Waals surface area contributed by atoms with Gasteiger partial charge in [0.15, 0.2) is 0 Å². The standard InChI is InChI=1S/C17H26N2O2/c1-17(2,14-4-6-15(18)7-5-14)16(20)19(3)12-13-8-10-21-11-9-13/h4-7,13H,8-12,18H2,1-3H3. The highest BCUT2D eigenvalue weighted by Gasteiger charge is 2.33. The number of rotatable bonds is 4. The van der Waals surface area contributed by atoms with Gasteiger partial charge in [-0.2, -0.15) is 0 Å². The number of hydrogen-bond acceptors (Lipinski definition) is 3. The molecule has 0 saturated carbocycles. The van der Waals surface area contributed by atoms with Crippen molar-refractivity contribution in [2.75, 3.05) is 32.5 Å². The maximum atomic E-state index is 12.8. The van der Waals surface area contributed by atoms with Crippen LogP contribution in [0.25, 0.3) is 0 Å². The summed E-state index contributed by atoms with van der Waals surface area (Å²) < 4.78 is 5.37. The number of hydrogen-bond donors (Lipinski definition) is 1. The number of ether oxygens (including phenoxy) is 1. The molecule has 2 N–H and O–H groups in total. The van der Waals surface area contributed by atoms with Crippen LogP contribution in [-0.4, -0.2) is 37.6 Å². The molecule has 0 aromatic heterocycles. The van der Waals surface area contributed by atoms with E-state index in [1.807, 2.05) is 50.1 Å². The molecule has 21 heavy (non-hydrogen) atoms. The van der Waals surface area contributed by atoms with Gasteiger partial charge in [-0.3, -0.25) is 4.79 Å². The fourth-order valence-corrected chi connectivity index (χ4v) is 2.90. The van der Waals surface area contributed by atoms with E-state index in [9.17, 15) is 4.79 Å². The largest absolute Gasteiger partial charge is 0.399 e. The van der Waals surface area contributed by atoms with Crippen molar-refractivity contribution in [3.63, 3.8) is 0 Å². The predicted octanol–water partition coefficient (Wildman–Crippen LogP) is 2.43. The molecule has 4 heteroatoms. The van der Waals surface area contributed by atoms with Crippen molar-refractivity contribution in [3.05, 3.63) is 29.8 Å². The van der Waals surface area contributed by atoms with Crippen LogP contribution in [0.3, 0.4) is 0 Å². The second-order valence-electron chi connectivity index (χ2n) is 6.49. The van der Waals surface area contributed by atoms with E-state index in [2.05, 4.69) is 0 Å². The molecule has 1 aromatic carbocycles. The van der Waals surface area contributed by atoms with Crippen LogP contribution >= 0.6 is 0 Å². The van der Waals surface area contributed by atoms with Gasteiger partial charge in [0, 0.05) is 32.5 Å². The molecule has 0 atom stereocenters. The molecule has 0 aliphatic carbocycles. The molecule has 2 rings (SSSR count). The van der Waals surface area contributed by atoms with Gasteiger partial charge in [-0.05, 0) is 50.3 Å². The molecule has 1 saturated heterocycles. The lowest BCUT2D eigenvalue weighted by Crippen LogP contribution is -2.44. The summed E-state index contributed by atoms with van der Waals surface area (Å²) in [6, 6.07) is 7.58. The Morgan fingerprint density at radius 3 is 2.43 bits per heavy atom. The Labute approximate surface area is 127 Å². The molecule has 1 amide bonds. The lowest BCUT2D eigenvalue weighted by molar-refractivity contribution is -0.136. The monoisotopic (exact) mass is 290 g/mol. The summed E-state index contributed by atoms with van der Waals surface area (Å²) in [7, 11) is 1.90. The number of carbonyl (C=O) groups is 1. The Morgan fingerprint density at radius 2 is 1.86 bits per heavy atom. The van der Waals surface area contributed by atoms with Gasteiger partial charge in [0.1, 0.15) is 0 Å². The van der Waals surface area contributed by atoms with E-state index in [0.29, 0.717) is 5.92 Å². The van der Waals surface area contributed by atoms with Gasteiger partial charge < -0.3 is 15.4 Å². The summed E-state index contributed by atoms with van der Waals surface area (Å²) in [6.07, 6.45) is 2.08. The van der Waals surface area contributed by atoms with Crippen LogP contribution in [0.15, 0.2) is 24.3 Å². The number of nitrogens with zero attached hydrogens (tertiary/aromatic N) is 1. The number of carbonyl (C=O) groups excluding carboxylic acids is 1. The third kappa shape index (κ3) is 3.76.